The molecule has 5 saturated heterocycles. The van der Waals surface area contributed by atoms with Crippen molar-refractivity contribution < 1.29 is 107 Å². The molecule has 0 unspecified atom stereocenters. The summed E-state index contributed by atoms with van der Waals surface area (Å²) in [7, 11) is 3.69. The number of nitrogens with two attached hydrogens (primary N) is 2. The number of nitrogens with zero attached hydrogens (tertiary/aromatic N) is 27. The Balaban J connectivity index is 0.000000216. The number of aromatic carboxylic acids is 1. The van der Waals surface area contributed by atoms with Crippen LogP contribution in [0.4, 0.5) is 74.0 Å². The van der Waals surface area contributed by atoms with Gasteiger partial charge in [-0.05, 0) is 132 Å². The molecule has 10 aromatic heterocycles. The number of alkyl halides is 9. The van der Waals surface area contributed by atoms with Gasteiger partial charge in [-0.1, -0.05) is 36.5 Å². The predicted molar refractivity (Wildman–Crippen MR) is 523 cm³/mol. The van der Waals surface area contributed by atoms with Crippen molar-refractivity contribution in [3.63, 3.8) is 0 Å². The normalized spacial score (nSPS) is 14.1. The van der Waals surface area contributed by atoms with Crippen molar-refractivity contribution in [2.24, 2.45) is 46.7 Å². The second-order valence-electron chi connectivity index (χ2n) is 34.0. The summed E-state index contributed by atoms with van der Waals surface area (Å²) in [5.74, 6) is 20.5. The molecule has 5 aliphatic heterocycles. The van der Waals surface area contributed by atoms with Gasteiger partial charge in [0.15, 0.2) is 55.8 Å². The van der Waals surface area contributed by atoms with Gasteiger partial charge in [-0.15, -0.1) is 29.6 Å². The Morgan fingerprint density at radius 1 is 0.362 bits per heavy atom. The molecular formula is C91H110F9N29O19S. The van der Waals surface area contributed by atoms with E-state index in [2.05, 4.69) is 129 Å². The van der Waals surface area contributed by atoms with Gasteiger partial charge in [0, 0.05) is 114 Å². The van der Waals surface area contributed by atoms with E-state index >= 15 is 0 Å². The maximum absolute atomic E-state index is 12.9. The number of hydrogen-bond acceptors (Lipinski definition) is 31. The number of nitriles is 1. The molecule has 5 aliphatic rings. The lowest BCUT2D eigenvalue weighted by molar-refractivity contribution is -0.193. The fourth-order valence-corrected chi connectivity index (χ4v) is 16.4. The van der Waals surface area contributed by atoms with Crippen molar-refractivity contribution in [2.45, 2.75) is 201 Å². The fourth-order valence-electron chi connectivity index (χ4n) is 15.4. The number of piperidine rings is 4. The second-order valence-corrected chi connectivity index (χ2v) is 36.2. The van der Waals surface area contributed by atoms with Gasteiger partial charge in [0.25, 0.3) is 39.6 Å². The van der Waals surface area contributed by atoms with Crippen LogP contribution in [0.5, 0.6) is 0 Å². The maximum Gasteiger partial charge on any atom is 0.490 e. The van der Waals surface area contributed by atoms with Crippen molar-refractivity contribution in [1.29, 1.82) is 5.26 Å². The molecule has 0 radical (unpaired) electrons. The Labute approximate surface area is 843 Å². The number of carbonyl (C=O) groups is 7. The van der Waals surface area contributed by atoms with E-state index < -0.39 is 86.3 Å². The van der Waals surface area contributed by atoms with Gasteiger partial charge < -0.3 is 66.0 Å². The van der Waals surface area contributed by atoms with Gasteiger partial charge in [0.2, 0.25) is 68.0 Å². The number of aromatic nitrogens is 20. The summed E-state index contributed by atoms with van der Waals surface area (Å²) in [6.45, 7) is 26.2. The van der Waals surface area contributed by atoms with Crippen molar-refractivity contribution in [3.05, 3.63) is 75.1 Å². The molecule has 0 spiro atoms. The minimum absolute atomic E-state index is 0.0684. The number of aliphatic carboxylic acids is 3. The highest BCUT2D eigenvalue weighted by Crippen LogP contribution is 2.31. The van der Waals surface area contributed by atoms with Crippen LogP contribution >= 0.6 is 0 Å². The second kappa shape index (κ2) is 51.0. The number of fused-ring (bicyclic) bond motifs is 5. The van der Waals surface area contributed by atoms with E-state index in [1.54, 1.807) is 64.8 Å². The first-order chi connectivity index (χ1) is 70.0. The van der Waals surface area contributed by atoms with Gasteiger partial charge in [0.05, 0.1) is 38.5 Å². The van der Waals surface area contributed by atoms with E-state index in [-0.39, 0.29) is 86.1 Å². The van der Waals surface area contributed by atoms with Crippen molar-refractivity contribution in [3.8, 4) is 65.3 Å². The first kappa shape index (κ1) is 118. The molecular weight excluding hydrogens is 2010 g/mol. The minimum Gasteiger partial charge on any atom is -0.475 e. The number of carboxylic acids is 4. The summed E-state index contributed by atoms with van der Waals surface area (Å²) in [6, 6.07) is 1.94. The summed E-state index contributed by atoms with van der Waals surface area (Å²) in [4.78, 5) is 193. The quantitative estimate of drug-likeness (QED) is 0.0434. The number of rotatable bonds is 15. The number of sulfone groups is 1. The average Bonchev–Trinajstić information content (AvgIpc) is 1.61. The van der Waals surface area contributed by atoms with E-state index in [0.717, 1.165) is 123 Å². The highest BCUT2D eigenvalue weighted by molar-refractivity contribution is 7.91. The summed E-state index contributed by atoms with van der Waals surface area (Å²) in [5, 5.41) is 39.5. The van der Waals surface area contributed by atoms with Gasteiger partial charge in [0.1, 0.15) is 11.7 Å². The molecule has 802 valence electrons. The van der Waals surface area contributed by atoms with Gasteiger partial charge in [-0.25, -0.2) is 47.3 Å². The third kappa shape index (κ3) is 29.0. The van der Waals surface area contributed by atoms with Crippen LogP contribution in [0.2, 0.25) is 0 Å². The summed E-state index contributed by atoms with van der Waals surface area (Å²) < 4.78 is 140. The molecule has 0 aliphatic carbocycles. The fraction of sp³-hybridized carbons (Fsp3) is 0.527. The summed E-state index contributed by atoms with van der Waals surface area (Å²) >= 11 is 0. The van der Waals surface area contributed by atoms with Crippen LogP contribution in [0.15, 0.2) is 29.1 Å². The highest BCUT2D eigenvalue weighted by Gasteiger charge is 2.41. The Bertz CT molecular complexity index is 7340. The number of carboxylic acid groups (broad SMARTS) is 4. The number of carbonyl (C=O) groups excluding carboxylic acids is 3. The lowest BCUT2D eigenvalue weighted by Gasteiger charge is -2.36. The van der Waals surface area contributed by atoms with Crippen molar-refractivity contribution in [2.75, 3.05) is 109 Å². The standard InChI is InChI=1S/C20H27N7O4.C17H23N5O3S.C16H20N6O2.C16H18N6O.C16H19N5O3.3C2HF3O2/c1-6-7-8-27-13-15(22-16(14(21)28)24(5)17(13)29)23-18(27)25-9-11-26(12-10-25)19(30)31-20(2,3)4;1-4-6-12-22-13-14(18-16(22)21-10-8-7-9-11-21)19-17(20(3)15(13)23)26(24,25)5-2;1-3-4-10-22-11-13(18-14(12(17)23)20(2)15(11)24)19-16(22)21-8-6-5-7-9-21;1-3-4-10-22-13-14(18-12(11-17)20(2)15(13)23)19-16(22)21-8-6-5-7-9-21;1-3-4-10-21-11-12(17-13(15(23)24)19(2)14(11)22)18-16(21)20-8-6-5-7-9-20;3*3-2(4,5)1(6)7/h8-12H2,1-5H3,(H2,21,28);5,7-12H2,1-3H3;5-10H2,1-2H3,(H2,17,23);5-10H2,1-2H3;5-10H2,1-2H3,(H,23,24);3*(H,6,7). The molecule has 0 bridgehead atoms. The zero-order valence-electron chi connectivity index (χ0n) is 83.7. The molecule has 8 N–H and O–H groups in total. The lowest BCUT2D eigenvalue weighted by atomic mass is 10.1. The van der Waals surface area contributed by atoms with Crippen LogP contribution in [0.25, 0.3) is 55.8 Å². The average molecular weight is 2120 g/mol. The number of anilines is 5. The van der Waals surface area contributed by atoms with Crippen LogP contribution in [-0.2, 0) is 96.9 Å². The number of piperazine rings is 1. The number of halogens is 9. The first-order valence-electron chi connectivity index (χ1n) is 46.0. The first-order valence-corrected chi connectivity index (χ1v) is 47.6. The Hall–Kier alpha value is -16.6. The van der Waals surface area contributed by atoms with Crippen LogP contribution in [0, 0.1) is 70.5 Å². The monoisotopic (exact) mass is 2120 g/mol. The molecule has 58 heteroatoms. The molecule has 149 heavy (non-hydrogen) atoms. The SMILES string of the molecule is CC#CCn1c(N2CCCCC2)nc2nc(C#N)n(C)c(=O)c21.CC#CCn1c(N2CCCCC2)nc2nc(C(=O)O)n(C)c(=O)c21.CC#CCn1c(N2CCCCC2)nc2nc(C(N)=O)n(C)c(=O)c21.CC#CCn1c(N2CCCCC2)nc2nc(S(=O)(=O)CC)n(C)c(=O)c21.CC#CCn1c(N2CCN(C(=O)OC(C)(C)C)CC2)nc2nc(C(N)=O)n(C)c(=O)c21.O=C(O)C(F)(F)F.O=C(O)C(F)(F)F.O=C(O)C(F)(F)F. The predicted octanol–water partition coefficient (Wildman–Crippen LogP) is 5.25. The van der Waals surface area contributed by atoms with Gasteiger partial charge in [-0.2, -0.15) is 79.7 Å². The van der Waals surface area contributed by atoms with Gasteiger partial charge in [-0.3, -0.25) is 79.2 Å². The van der Waals surface area contributed by atoms with Crippen LogP contribution in [0.1, 0.15) is 177 Å². The van der Waals surface area contributed by atoms with Crippen LogP contribution in [0.3, 0.4) is 0 Å². The number of primary amides is 2. The molecule has 3 amide bonds. The molecule has 10 aromatic rings. The molecule has 15 heterocycles. The smallest absolute Gasteiger partial charge is 0.475 e. The van der Waals surface area contributed by atoms with Crippen LogP contribution in [-0.4, -0.2) is 279 Å². The Morgan fingerprint density at radius 3 is 0.832 bits per heavy atom. The molecule has 5 fully saturated rings. The molecule has 0 atom stereocenters. The van der Waals surface area contributed by atoms with Gasteiger partial charge >= 0.3 is 48.5 Å². The molecule has 0 saturated carbocycles. The topological polar surface area (TPSA) is 603 Å². The largest absolute Gasteiger partial charge is 0.490 e. The number of hydrogen-bond donors (Lipinski definition) is 6. The van der Waals surface area contributed by atoms with Crippen molar-refractivity contribution >= 4 is 137 Å². The van der Waals surface area contributed by atoms with E-state index in [9.17, 15) is 96.2 Å². The van der Waals surface area contributed by atoms with E-state index in [1.165, 1.54) is 69.9 Å². The van der Waals surface area contributed by atoms with Crippen LogP contribution < -0.4 is 63.8 Å². The van der Waals surface area contributed by atoms with Crippen molar-refractivity contribution in [1.82, 2.24) is 100 Å². The molecule has 48 nitrogen and oxygen atoms in total. The summed E-state index contributed by atoms with van der Waals surface area (Å²) in [6.07, 6.45) is -2.23. The maximum atomic E-state index is 12.9. The molecule has 15 rings (SSSR count). The zero-order chi connectivity index (χ0) is 111. The lowest BCUT2D eigenvalue weighted by Crippen LogP contribution is -2.50. The highest BCUT2D eigenvalue weighted by atomic mass is 32.2. The summed E-state index contributed by atoms with van der Waals surface area (Å²) in [5.41, 5.74) is 10.9. The number of amides is 3. The van der Waals surface area contributed by atoms with E-state index in [0.29, 0.717) is 104 Å². The minimum atomic E-state index is -5.08. The van der Waals surface area contributed by atoms with E-state index in [4.69, 9.17) is 51.2 Å². The Kier molecular flexibility index (Phi) is 40.3. The molecule has 0 aromatic carbocycles. The third-order valence-electron chi connectivity index (χ3n) is 22.7. The number of imidazole rings is 5. The Morgan fingerprint density at radius 2 is 0.597 bits per heavy atom. The zero-order valence-corrected chi connectivity index (χ0v) is 84.5. The third-order valence-corrected chi connectivity index (χ3v) is 24.4. The van der Waals surface area contributed by atoms with E-state index in [1.807, 2.05) is 36.3 Å². The number of ether oxygens (including phenoxy) is 1.